The Morgan fingerprint density at radius 2 is 1.89 bits per heavy atom. The molecule has 0 unspecified atom stereocenters. The lowest BCUT2D eigenvalue weighted by molar-refractivity contribution is -0.112. The lowest BCUT2D eigenvalue weighted by Gasteiger charge is -2.62. The predicted octanol–water partition coefficient (Wildman–Crippen LogP) is 4.55. The molecule has 8 rings (SSSR count). The molecule has 252 valence electrons. The molecule has 10 heteroatoms. The van der Waals surface area contributed by atoms with E-state index in [1.54, 1.807) is 16.7 Å². The maximum atomic E-state index is 14.0. The van der Waals surface area contributed by atoms with Crippen LogP contribution in [-0.2, 0) is 24.2 Å². The summed E-state index contributed by atoms with van der Waals surface area (Å²) in [6, 6.07) is 13.1. The van der Waals surface area contributed by atoms with Crippen molar-refractivity contribution < 1.29 is 9.13 Å². The number of ether oxygens (including phenoxy) is 1. The van der Waals surface area contributed by atoms with Crippen molar-refractivity contribution in [3.05, 3.63) is 70.0 Å². The average molecular weight is 644 g/mol. The number of nitrogens with one attached hydrogen (secondary N) is 2. The van der Waals surface area contributed by atoms with Crippen molar-refractivity contribution >= 4 is 22.5 Å². The minimum atomic E-state index is -0.261. The summed E-state index contributed by atoms with van der Waals surface area (Å²) in [7, 11) is 0. The molecule has 2 saturated heterocycles. The topological polar surface area (TPSA) is 87.0 Å². The number of guanidine groups is 1. The van der Waals surface area contributed by atoms with Crippen molar-refractivity contribution in [1.82, 2.24) is 30.0 Å². The number of piperazine rings is 1. The molecule has 5 aliphatic rings. The normalized spacial score (nSPS) is 27.9. The summed E-state index contributed by atoms with van der Waals surface area (Å²) in [5.41, 5.74) is 2.82. The van der Waals surface area contributed by atoms with Crippen LogP contribution >= 0.6 is 0 Å². The van der Waals surface area contributed by atoms with Gasteiger partial charge < -0.3 is 20.3 Å². The molecule has 1 aromatic heterocycles. The largest absolute Gasteiger partial charge is 0.379 e. The third kappa shape index (κ3) is 6.69. The Kier molecular flexibility index (Phi) is 9.11. The smallest absolute Gasteiger partial charge is 0.261 e. The average Bonchev–Trinajstić information content (AvgIpc) is 3.06. The number of aryl methyl sites for hydroxylation is 1. The Bertz CT molecular complexity index is 1670. The van der Waals surface area contributed by atoms with E-state index in [-0.39, 0.29) is 11.4 Å². The van der Waals surface area contributed by atoms with Crippen LogP contribution in [-0.4, -0.2) is 83.3 Å². The monoisotopic (exact) mass is 643 g/mol. The summed E-state index contributed by atoms with van der Waals surface area (Å²) in [5.74, 6) is 3.47. The highest BCUT2D eigenvalue weighted by molar-refractivity contribution is 5.86. The third-order valence-corrected chi connectivity index (χ3v) is 11.6. The molecule has 9 nitrogen and oxygen atoms in total. The molecular weight excluding hydrogens is 593 g/mol. The summed E-state index contributed by atoms with van der Waals surface area (Å²) < 4.78 is 20.9. The summed E-state index contributed by atoms with van der Waals surface area (Å²) in [4.78, 5) is 29.1. The molecule has 3 aromatic rings. The number of rotatable bonds is 7. The van der Waals surface area contributed by atoms with Crippen molar-refractivity contribution in [1.29, 1.82) is 0 Å². The van der Waals surface area contributed by atoms with Crippen molar-refractivity contribution in [3.8, 4) is 0 Å². The second-order valence-corrected chi connectivity index (χ2v) is 14.9. The van der Waals surface area contributed by atoms with Gasteiger partial charge in [0.25, 0.3) is 5.56 Å². The van der Waals surface area contributed by atoms with Gasteiger partial charge in [-0.1, -0.05) is 32.9 Å². The van der Waals surface area contributed by atoms with E-state index >= 15 is 0 Å². The maximum absolute atomic E-state index is 14.0. The third-order valence-electron chi connectivity index (χ3n) is 11.6. The molecule has 2 N–H and O–H groups in total. The van der Waals surface area contributed by atoms with Gasteiger partial charge in [0.05, 0.1) is 36.3 Å². The number of hydrogen-bond donors (Lipinski definition) is 2. The maximum Gasteiger partial charge on any atom is 0.261 e. The van der Waals surface area contributed by atoms with Gasteiger partial charge in [0, 0.05) is 51.4 Å². The van der Waals surface area contributed by atoms with Crippen LogP contribution in [0.4, 0.5) is 10.1 Å². The predicted molar refractivity (Wildman–Crippen MR) is 184 cm³/mol. The lowest BCUT2D eigenvalue weighted by Crippen LogP contribution is -2.63. The number of hydrogen-bond acceptors (Lipinski definition) is 6. The molecule has 0 amide bonds. The molecule has 2 aromatic carbocycles. The fourth-order valence-electron chi connectivity index (χ4n) is 8.47. The van der Waals surface area contributed by atoms with E-state index in [0.29, 0.717) is 67.0 Å². The van der Waals surface area contributed by atoms with Crippen LogP contribution in [0.2, 0.25) is 0 Å². The first kappa shape index (κ1) is 32.2. The van der Waals surface area contributed by atoms with Crippen molar-refractivity contribution in [3.63, 3.8) is 0 Å². The van der Waals surface area contributed by atoms with Crippen LogP contribution in [0, 0.1) is 29.0 Å². The zero-order chi connectivity index (χ0) is 32.7. The van der Waals surface area contributed by atoms with Crippen LogP contribution in [0.3, 0.4) is 0 Å². The Morgan fingerprint density at radius 3 is 2.62 bits per heavy atom. The summed E-state index contributed by atoms with van der Waals surface area (Å²) in [6.45, 7) is 16.2. The lowest BCUT2D eigenvalue weighted by atomic mass is 9.45. The van der Waals surface area contributed by atoms with Gasteiger partial charge in [0.2, 0.25) is 0 Å². The summed E-state index contributed by atoms with van der Waals surface area (Å²) in [6.07, 6.45) is 3.13. The molecule has 47 heavy (non-hydrogen) atoms. The molecule has 3 heterocycles. The SMILES string of the molecule is C[C@H]1[C@@H](NC(=Nc2ccc3c(=O)n(CCc4ccc(F)cc4)c(CN4CCOCC4)nc3c2)N2CCN[C@@H](C)C2)C[C@@H]2C[C@@H]1C2(C)C. The van der Waals surface area contributed by atoms with Crippen LogP contribution < -0.4 is 16.2 Å². The molecule has 2 aliphatic heterocycles. The second-order valence-electron chi connectivity index (χ2n) is 14.9. The second kappa shape index (κ2) is 13.3. The van der Waals surface area contributed by atoms with Crippen LogP contribution in [0.5, 0.6) is 0 Å². The van der Waals surface area contributed by atoms with E-state index in [0.717, 1.165) is 67.6 Å². The number of halogens is 1. The Balaban J connectivity index is 1.21. The molecule has 0 radical (unpaired) electrons. The Morgan fingerprint density at radius 1 is 1.11 bits per heavy atom. The van der Waals surface area contributed by atoms with E-state index in [9.17, 15) is 9.18 Å². The first-order chi connectivity index (χ1) is 22.7. The minimum absolute atomic E-state index is 0.0527. The van der Waals surface area contributed by atoms with E-state index in [2.05, 4.69) is 48.1 Å². The molecule has 3 aliphatic carbocycles. The minimum Gasteiger partial charge on any atom is -0.379 e. The van der Waals surface area contributed by atoms with Crippen LogP contribution in [0.15, 0.2) is 52.3 Å². The molecule has 2 bridgehead atoms. The van der Waals surface area contributed by atoms with E-state index in [4.69, 9.17) is 14.7 Å². The summed E-state index contributed by atoms with van der Waals surface area (Å²) in [5, 5.41) is 8.08. The number of fused-ring (bicyclic) bond motifs is 3. The van der Waals surface area contributed by atoms with Gasteiger partial charge >= 0.3 is 0 Å². The Hall–Kier alpha value is -3.34. The van der Waals surface area contributed by atoms with Gasteiger partial charge in [-0.2, -0.15) is 0 Å². The van der Waals surface area contributed by atoms with E-state index in [1.165, 1.54) is 25.0 Å². The number of morpholine rings is 1. The van der Waals surface area contributed by atoms with Crippen molar-refractivity contribution in [2.24, 2.45) is 28.2 Å². The van der Waals surface area contributed by atoms with Crippen LogP contribution in [0.1, 0.15) is 51.9 Å². The highest BCUT2D eigenvalue weighted by Gasteiger charge is 2.56. The fraction of sp³-hybridized carbons (Fsp3) is 0.595. The molecule has 5 atom stereocenters. The first-order valence-electron chi connectivity index (χ1n) is 17.6. The highest BCUT2D eigenvalue weighted by Crippen LogP contribution is 2.61. The zero-order valence-corrected chi connectivity index (χ0v) is 28.3. The zero-order valence-electron chi connectivity index (χ0n) is 28.3. The molecule has 5 fully saturated rings. The van der Waals surface area contributed by atoms with Gasteiger partial charge in [-0.15, -0.1) is 0 Å². The van der Waals surface area contributed by atoms with Gasteiger partial charge in [0.1, 0.15) is 11.6 Å². The van der Waals surface area contributed by atoms with Crippen molar-refractivity contribution in [2.75, 3.05) is 45.9 Å². The van der Waals surface area contributed by atoms with Gasteiger partial charge in [-0.3, -0.25) is 14.3 Å². The molecular formula is C37H50FN7O2. The van der Waals surface area contributed by atoms with Gasteiger partial charge in [-0.25, -0.2) is 14.4 Å². The Labute approximate surface area is 277 Å². The van der Waals surface area contributed by atoms with Crippen molar-refractivity contribution in [2.45, 2.75) is 72.1 Å². The number of aliphatic imine (C=N–C) groups is 1. The van der Waals surface area contributed by atoms with E-state index < -0.39 is 0 Å². The number of benzene rings is 2. The van der Waals surface area contributed by atoms with Gasteiger partial charge in [0.15, 0.2) is 5.96 Å². The van der Waals surface area contributed by atoms with Gasteiger partial charge in [-0.05, 0) is 85.3 Å². The fourth-order valence-corrected chi connectivity index (χ4v) is 8.47. The standard InChI is InChI=1S/C37H50FN7O2/c1-24-22-44(14-12-39-24)36(42-32-20-27-19-31(25(32)2)37(27,3)4)40-29-9-10-30-33(21-29)41-34(23-43-15-17-47-18-16-43)45(35(30)46)13-11-26-5-7-28(38)8-6-26/h5-10,21,24-25,27,31-32,39H,11-20,22-23H2,1-4H3,(H,40,42)/t24-,25+,27-,31-,32-/m0/s1. The first-order valence-corrected chi connectivity index (χ1v) is 17.6. The summed E-state index contributed by atoms with van der Waals surface area (Å²) >= 11 is 0. The number of nitrogens with zero attached hydrogens (tertiary/aromatic N) is 5. The van der Waals surface area contributed by atoms with E-state index in [1.807, 2.05) is 18.2 Å². The number of aromatic nitrogens is 2. The highest BCUT2D eigenvalue weighted by atomic mass is 19.1. The van der Waals surface area contributed by atoms with Crippen LogP contribution in [0.25, 0.3) is 10.9 Å². The quantitative estimate of drug-likeness (QED) is 0.289. The molecule has 3 saturated carbocycles. The molecule has 0 spiro atoms.